The Kier molecular flexibility index (Phi) is 6.90. The van der Waals surface area contributed by atoms with Gasteiger partial charge in [0.25, 0.3) is 0 Å². The molecule has 8 nitrogen and oxygen atoms in total. The van der Waals surface area contributed by atoms with Crippen molar-refractivity contribution in [3.05, 3.63) is 84.8 Å². The van der Waals surface area contributed by atoms with E-state index in [1.807, 2.05) is 16.9 Å². The fourth-order valence-corrected chi connectivity index (χ4v) is 5.84. The molecule has 188 valence electrons. The molecule has 5 aromatic rings. The van der Waals surface area contributed by atoms with E-state index in [0.29, 0.717) is 0 Å². The number of aromatic nitrogens is 4. The van der Waals surface area contributed by atoms with Gasteiger partial charge in [0.15, 0.2) is 0 Å². The number of rotatable bonds is 8. The Morgan fingerprint density at radius 3 is 2.62 bits per heavy atom. The van der Waals surface area contributed by atoms with E-state index in [1.54, 1.807) is 6.33 Å². The summed E-state index contributed by atoms with van der Waals surface area (Å²) < 4.78 is 13.6. The van der Waals surface area contributed by atoms with Gasteiger partial charge in [-0.25, -0.2) is 9.97 Å². The third kappa shape index (κ3) is 5.53. The van der Waals surface area contributed by atoms with Crippen LogP contribution in [-0.4, -0.2) is 66.9 Å². The number of nitrogens with zero attached hydrogens (tertiary/aromatic N) is 5. The lowest BCUT2D eigenvalue weighted by Crippen LogP contribution is -2.42. The smallest absolute Gasteiger partial charge is 0.141 e. The lowest BCUT2D eigenvalue weighted by atomic mass is 10.2. The lowest BCUT2D eigenvalue weighted by Gasteiger charge is -2.28. The first kappa shape index (κ1) is 23.7. The quantitative estimate of drug-likeness (QED) is 0.301. The molecule has 0 bridgehead atoms. The van der Waals surface area contributed by atoms with Crippen molar-refractivity contribution in [3.8, 4) is 0 Å². The number of fused-ring (bicyclic) bond motifs is 2. The molecule has 0 atom stereocenters. The Morgan fingerprint density at radius 1 is 0.919 bits per heavy atom. The zero-order valence-electron chi connectivity index (χ0n) is 20.5. The molecule has 0 spiro atoms. The molecular weight excluding hydrogens is 482 g/mol. The highest BCUT2D eigenvalue weighted by Crippen LogP contribution is 2.27. The van der Waals surface area contributed by atoms with Crippen LogP contribution < -0.4 is 10.6 Å². The van der Waals surface area contributed by atoms with Gasteiger partial charge in [-0.3, -0.25) is 9.58 Å². The molecule has 37 heavy (non-hydrogen) atoms. The van der Waals surface area contributed by atoms with E-state index in [-0.39, 0.29) is 0 Å². The average molecular weight is 512 g/mol. The van der Waals surface area contributed by atoms with Crippen molar-refractivity contribution in [2.75, 3.05) is 48.3 Å². The molecule has 2 N–H and O–H groups in total. The number of benzene rings is 3. The summed E-state index contributed by atoms with van der Waals surface area (Å²) in [4.78, 5) is 11.4. The van der Waals surface area contributed by atoms with E-state index in [1.165, 1.54) is 5.56 Å². The zero-order chi connectivity index (χ0) is 25.0. The fraction of sp³-hybridized carbons (Fsp3) is 0.250. The fourth-order valence-electron chi connectivity index (χ4n) is 4.71. The largest absolute Gasteiger partial charge is 0.616 e. The first-order valence-electron chi connectivity index (χ1n) is 12.5. The molecule has 3 heterocycles. The van der Waals surface area contributed by atoms with Crippen molar-refractivity contribution in [1.82, 2.24) is 24.6 Å². The van der Waals surface area contributed by atoms with Crippen LogP contribution >= 0.6 is 0 Å². The van der Waals surface area contributed by atoms with Crippen LogP contribution in [0, 0.1) is 0 Å². The summed E-state index contributed by atoms with van der Waals surface area (Å²) in [5.41, 5.74) is 5.18. The SMILES string of the molecule is [O-][S+]1CCN(CCNc2ccc3c(Nc4ccc5c(cnn5Cc5ccccc5)c4)ncnc3c2)CC1. The van der Waals surface area contributed by atoms with Crippen molar-refractivity contribution in [2.24, 2.45) is 0 Å². The van der Waals surface area contributed by atoms with Gasteiger partial charge >= 0.3 is 0 Å². The van der Waals surface area contributed by atoms with Gasteiger partial charge in [-0.2, -0.15) is 5.10 Å². The van der Waals surface area contributed by atoms with Crippen LogP contribution in [0.3, 0.4) is 0 Å². The van der Waals surface area contributed by atoms with Crippen molar-refractivity contribution >= 4 is 50.2 Å². The molecule has 0 aliphatic carbocycles. The summed E-state index contributed by atoms with van der Waals surface area (Å²) in [6.07, 6.45) is 3.50. The van der Waals surface area contributed by atoms with Crippen LogP contribution in [-0.2, 0) is 17.7 Å². The normalized spacial score (nSPS) is 14.8. The Labute approximate surface area is 218 Å². The van der Waals surface area contributed by atoms with E-state index < -0.39 is 11.2 Å². The topological polar surface area (TPSA) is 94.0 Å². The number of hydrogen-bond donors (Lipinski definition) is 2. The number of hydrogen-bond acceptors (Lipinski definition) is 7. The average Bonchev–Trinajstić information content (AvgIpc) is 3.32. The van der Waals surface area contributed by atoms with E-state index in [9.17, 15) is 4.55 Å². The van der Waals surface area contributed by atoms with Crippen LogP contribution in [0.1, 0.15) is 5.56 Å². The van der Waals surface area contributed by atoms with Crippen LogP contribution in [0.5, 0.6) is 0 Å². The standard InChI is InChI=1S/C28H29N7OS/c36-37-14-12-34(13-15-37)11-10-29-23-6-8-25-26(17-23)30-20-31-28(25)33-24-7-9-27-22(16-24)18-32-35(27)19-21-4-2-1-3-5-21/h1-9,16-18,20,29H,10-15,19H2,(H,30,31,33). The van der Waals surface area contributed by atoms with Crippen LogP contribution in [0.2, 0.25) is 0 Å². The maximum atomic E-state index is 11.5. The van der Waals surface area contributed by atoms with Gasteiger partial charge in [0.05, 0.1) is 23.8 Å². The number of anilines is 3. The monoisotopic (exact) mass is 511 g/mol. The second-order valence-electron chi connectivity index (χ2n) is 9.26. The maximum Gasteiger partial charge on any atom is 0.141 e. The minimum absolute atomic E-state index is 0.636. The maximum absolute atomic E-state index is 11.5. The Hall–Kier alpha value is -3.66. The molecule has 3 aromatic carbocycles. The summed E-state index contributed by atoms with van der Waals surface area (Å²) in [7, 11) is 0. The lowest BCUT2D eigenvalue weighted by molar-refractivity contribution is 0.307. The molecule has 0 radical (unpaired) electrons. The summed E-state index contributed by atoms with van der Waals surface area (Å²) in [5, 5.41) is 13.6. The predicted octanol–water partition coefficient (Wildman–Crippen LogP) is 4.25. The zero-order valence-corrected chi connectivity index (χ0v) is 21.3. The van der Waals surface area contributed by atoms with Crippen LogP contribution in [0.4, 0.5) is 17.2 Å². The molecular formula is C28H29N7OS. The minimum atomic E-state index is -0.636. The van der Waals surface area contributed by atoms with Gasteiger partial charge in [0.2, 0.25) is 0 Å². The number of nitrogens with one attached hydrogen (secondary N) is 2. The highest BCUT2D eigenvalue weighted by Gasteiger charge is 2.18. The molecule has 1 aliphatic rings. The Bertz CT molecular complexity index is 1500. The van der Waals surface area contributed by atoms with Crippen molar-refractivity contribution in [2.45, 2.75) is 6.54 Å². The van der Waals surface area contributed by atoms with Gasteiger partial charge in [0.1, 0.15) is 23.7 Å². The van der Waals surface area contributed by atoms with Crippen molar-refractivity contribution < 1.29 is 4.55 Å². The van der Waals surface area contributed by atoms with Crippen LogP contribution in [0.25, 0.3) is 21.8 Å². The Morgan fingerprint density at radius 2 is 1.76 bits per heavy atom. The minimum Gasteiger partial charge on any atom is -0.616 e. The molecule has 9 heteroatoms. The molecule has 2 aromatic heterocycles. The molecule has 1 aliphatic heterocycles. The molecule has 1 saturated heterocycles. The van der Waals surface area contributed by atoms with Crippen LogP contribution in [0.15, 0.2) is 79.3 Å². The van der Waals surface area contributed by atoms with Gasteiger partial charge < -0.3 is 15.2 Å². The molecule has 0 saturated carbocycles. The second kappa shape index (κ2) is 10.8. The van der Waals surface area contributed by atoms with Gasteiger partial charge in [0, 0.05) is 48.3 Å². The van der Waals surface area contributed by atoms with E-state index >= 15 is 0 Å². The van der Waals surface area contributed by atoms with E-state index in [0.717, 1.165) is 83.2 Å². The molecule has 0 amide bonds. The molecule has 6 rings (SSSR count). The second-order valence-corrected chi connectivity index (χ2v) is 11.0. The van der Waals surface area contributed by atoms with E-state index in [2.05, 4.69) is 91.3 Å². The van der Waals surface area contributed by atoms with Gasteiger partial charge in [-0.1, -0.05) is 41.5 Å². The predicted molar refractivity (Wildman–Crippen MR) is 151 cm³/mol. The van der Waals surface area contributed by atoms with Crippen molar-refractivity contribution in [3.63, 3.8) is 0 Å². The highest BCUT2D eigenvalue weighted by atomic mass is 32.2. The Balaban J connectivity index is 1.14. The molecule has 1 fully saturated rings. The van der Waals surface area contributed by atoms with Gasteiger partial charge in [-0.05, 0) is 42.0 Å². The van der Waals surface area contributed by atoms with E-state index in [4.69, 9.17) is 0 Å². The summed E-state index contributed by atoms with van der Waals surface area (Å²) in [6, 6.07) is 22.8. The summed E-state index contributed by atoms with van der Waals surface area (Å²) in [5.74, 6) is 2.34. The summed E-state index contributed by atoms with van der Waals surface area (Å²) >= 11 is -0.636. The first-order chi connectivity index (χ1) is 18.2. The highest BCUT2D eigenvalue weighted by molar-refractivity contribution is 7.91. The van der Waals surface area contributed by atoms with Crippen molar-refractivity contribution in [1.29, 1.82) is 0 Å². The first-order valence-corrected chi connectivity index (χ1v) is 14.0. The summed E-state index contributed by atoms with van der Waals surface area (Å²) in [6.45, 7) is 4.34. The third-order valence-electron chi connectivity index (χ3n) is 6.74. The third-order valence-corrected chi connectivity index (χ3v) is 8.02. The van der Waals surface area contributed by atoms with Gasteiger partial charge in [-0.15, -0.1) is 0 Å². The molecule has 0 unspecified atom stereocenters.